The molecule has 8 heteroatoms. The number of nitrogens with one attached hydrogen (secondary N) is 2. The molecule has 0 spiro atoms. The zero-order valence-corrected chi connectivity index (χ0v) is 13.5. The molecule has 0 fully saturated rings. The van der Waals surface area contributed by atoms with Crippen LogP contribution in [0.4, 0.5) is 0 Å². The minimum Gasteiger partial charge on any atom is -0.496 e. The van der Waals surface area contributed by atoms with Crippen molar-refractivity contribution >= 4 is 21.6 Å². The number of ether oxygens (including phenoxy) is 1. The standard InChI is InChI=1S/C13H16ClN3O3S/c1-8-13(9(2)17-16-8)21(18,19)15-7-10-6-11(14)4-5-12(10)20-3/h4-6,15H,7H2,1-3H3,(H,16,17). The van der Waals surface area contributed by atoms with E-state index in [9.17, 15) is 8.42 Å². The summed E-state index contributed by atoms with van der Waals surface area (Å²) in [6.07, 6.45) is 0. The van der Waals surface area contributed by atoms with E-state index in [4.69, 9.17) is 16.3 Å². The molecule has 1 heterocycles. The van der Waals surface area contributed by atoms with Crippen LogP contribution < -0.4 is 9.46 Å². The lowest BCUT2D eigenvalue weighted by Gasteiger charge is -2.11. The molecule has 0 aliphatic carbocycles. The molecule has 2 rings (SSSR count). The molecular formula is C13H16ClN3O3S. The van der Waals surface area contributed by atoms with Crippen molar-refractivity contribution in [1.82, 2.24) is 14.9 Å². The van der Waals surface area contributed by atoms with Crippen molar-refractivity contribution in [1.29, 1.82) is 0 Å². The summed E-state index contributed by atoms with van der Waals surface area (Å²) in [6, 6.07) is 5.04. The lowest BCUT2D eigenvalue weighted by molar-refractivity contribution is 0.409. The number of hydrogen-bond acceptors (Lipinski definition) is 4. The topological polar surface area (TPSA) is 84.1 Å². The van der Waals surface area contributed by atoms with Gasteiger partial charge in [0, 0.05) is 17.1 Å². The number of aromatic amines is 1. The summed E-state index contributed by atoms with van der Waals surface area (Å²) in [5.74, 6) is 0.572. The molecule has 0 amide bonds. The Morgan fingerprint density at radius 2 is 2.10 bits per heavy atom. The Labute approximate surface area is 128 Å². The fraction of sp³-hybridized carbons (Fsp3) is 0.308. The van der Waals surface area contributed by atoms with E-state index >= 15 is 0 Å². The van der Waals surface area contributed by atoms with Crippen LogP contribution in [0.3, 0.4) is 0 Å². The fourth-order valence-electron chi connectivity index (χ4n) is 2.07. The first-order valence-corrected chi connectivity index (χ1v) is 8.05. The maximum Gasteiger partial charge on any atom is 0.244 e. The number of halogens is 1. The number of benzene rings is 1. The van der Waals surface area contributed by atoms with E-state index in [1.165, 1.54) is 7.11 Å². The van der Waals surface area contributed by atoms with Crippen molar-refractivity contribution in [2.45, 2.75) is 25.3 Å². The van der Waals surface area contributed by atoms with Gasteiger partial charge in [0.05, 0.1) is 18.5 Å². The Morgan fingerprint density at radius 3 is 2.67 bits per heavy atom. The van der Waals surface area contributed by atoms with E-state index < -0.39 is 10.0 Å². The molecule has 6 nitrogen and oxygen atoms in total. The average molecular weight is 330 g/mol. The van der Waals surface area contributed by atoms with Crippen LogP contribution in [0, 0.1) is 13.8 Å². The second-order valence-corrected chi connectivity index (χ2v) is 6.68. The van der Waals surface area contributed by atoms with Crippen LogP contribution >= 0.6 is 11.6 Å². The van der Waals surface area contributed by atoms with E-state index in [-0.39, 0.29) is 11.4 Å². The van der Waals surface area contributed by atoms with Gasteiger partial charge in [0.1, 0.15) is 10.6 Å². The van der Waals surface area contributed by atoms with Gasteiger partial charge < -0.3 is 4.74 Å². The molecular weight excluding hydrogens is 314 g/mol. The number of H-pyrrole nitrogens is 1. The number of methoxy groups -OCH3 is 1. The first kappa shape index (κ1) is 15.8. The van der Waals surface area contributed by atoms with Gasteiger partial charge in [0.15, 0.2) is 0 Å². The fourth-order valence-corrected chi connectivity index (χ4v) is 3.63. The summed E-state index contributed by atoms with van der Waals surface area (Å²) in [4.78, 5) is 0.170. The molecule has 0 saturated carbocycles. The van der Waals surface area contributed by atoms with E-state index in [2.05, 4.69) is 14.9 Å². The summed E-state index contributed by atoms with van der Waals surface area (Å²) >= 11 is 5.93. The molecule has 1 aromatic carbocycles. The van der Waals surface area contributed by atoms with Gasteiger partial charge in [-0.05, 0) is 32.0 Å². The zero-order valence-electron chi connectivity index (χ0n) is 11.9. The number of sulfonamides is 1. The SMILES string of the molecule is COc1ccc(Cl)cc1CNS(=O)(=O)c1c(C)n[nH]c1C. The molecule has 0 atom stereocenters. The van der Waals surface area contributed by atoms with Crippen LogP contribution in [-0.2, 0) is 16.6 Å². The molecule has 0 unspecified atom stereocenters. The molecule has 0 saturated heterocycles. The third-order valence-electron chi connectivity index (χ3n) is 3.02. The number of nitrogens with zero attached hydrogens (tertiary/aromatic N) is 1. The summed E-state index contributed by atoms with van der Waals surface area (Å²) < 4.78 is 32.4. The van der Waals surface area contributed by atoms with Crippen LogP contribution in [0.1, 0.15) is 17.0 Å². The molecule has 114 valence electrons. The number of aryl methyl sites for hydroxylation is 2. The third-order valence-corrected chi connectivity index (χ3v) is 4.92. The third kappa shape index (κ3) is 3.37. The van der Waals surface area contributed by atoms with E-state index in [1.807, 2.05) is 0 Å². The average Bonchev–Trinajstić information content (AvgIpc) is 2.77. The van der Waals surface area contributed by atoms with Crippen LogP contribution in [0.15, 0.2) is 23.1 Å². The maximum absolute atomic E-state index is 12.3. The number of aromatic nitrogens is 2. The van der Waals surface area contributed by atoms with Gasteiger partial charge >= 0.3 is 0 Å². The van der Waals surface area contributed by atoms with E-state index in [0.717, 1.165) is 0 Å². The van der Waals surface area contributed by atoms with Crippen molar-refractivity contribution in [3.05, 3.63) is 40.2 Å². The second-order valence-electron chi connectivity index (χ2n) is 4.54. The van der Waals surface area contributed by atoms with Gasteiger partial charge in [0.2, 0.25) is 10.0 Å². The Hall–Kier alpha value is -1.57. The van der Waals surface area contributed by atoms with Gasteiger partial charge in [-0.15, -0.1) is 0 Å². The summed E-state index contributed by atoms with van der Waals surface area (Å²) in [5, 5.41) is 7.07. The van der Waals surface area contributed by atoms with Gasteiger partial charge in [-0.2, -0.15) is 5.10 Å². The molecule has 0 aliphatic heterocycles. The lowest BCUT2D eigenvalue weighted by Crippen LogP contribution is -2.24. The molecule has 2 N–H and O–H groups in total. The van der Waals surface area contributed by atoms with Gasteiger partial charge in [-0.1, -0.05) is 11.6 Å². The molecule has 1 aromatic heterocycles. The summed E-state index contributed by atoms with van der Waals surface area (Å²) in [7, 11) is -2.14. The minimum absolute atomic E-state index is 0.0795. The smallest absolute Gasteiger partial charge is 0.244 e. The monoisotopic (exact) mass is 329 g/mol. The first-order chi connectivity index (χ1) is 9.85. The van der Waals surface area contributed by atoms with E-state index in [0.29, 0.717) is 27.7 Å². The van der Waals surface area contributed by atoms with Crippen molar-refractivity contribution < 1.29 is 13.2 Å². The Morgan fingerprint density at radius 1 is 1.38 bits per heavy atom. The highest BCUT2D eigenvalue weighted by atomic mass is 35.5. The largest absolute Gasteiger partial charge is 0.496 e. The highest BCUT2D eigenvalue weighted by molar-refractivity contribution is 7.89. The minimum atomic E-state index is -3.66. The van der Waals surface area contributed by atoms with Crippen LogP contribution in [-0.4, -0.2) is 25.7 Å². The summed E-state index contributed by atoms with van der Waals surface area (Å²) in [6.45, 7) is 3.38. The van der Waals surface area contributed by atoms with Crippen molar-refractivity contribution in [3.8, 4) is 5.75 Å². The van der Waals surface area contributed by atoms with Crippen molar-refractivity contribution in [2.75, 3.05) is 7.11 Å². The van der Waals surface area contributed by atoms with Crippen molar-refractivity contribution in [3.63, 3.8) is 0 Å². The molecule has 21 heavy (non-hydrogen) atoms. The number of rotatable bonds is 5. The number of hydrogen-bond donors (Lipinski definition) is 2. The Balaban J connectivity index is 2.26. The Kier molecular flexibility index (Phi) is 4.55. The van der Waals surface area contributed by atoms with Crippen molar-refractivity contribution in [2.24, 2.45) is 0 Å². The van der Waals surface area contributed by atoms with Gasteiger partial charge in [0.25, 0.3) is 0 Å². The zero-order chi connectivity index (χ0) is 15.6. The predicted molar refractivity (Wildman–Crippen MR) is 80.1 cm³/mol. The van der Waals surface area contributed by atoms with E-state index in [1.54, 1.807) is 32.0 Å². The first-order valence-electron chi connectivity index (χ1n) is 6.19. The highest BCUT2D eigenvalue weighted by Crippen LogP contribution is 2.23. The molecule has 2 aromatic rings. The molecule has 0 aliphatic rings. The normalized spacial score (nSPS) is 11.6. The molecule has 0 bridgehead atoms. The van der Waals surface area contributed by atoms with Crippen LogP contribution in [0.25, 0.3) is 0 Å². The molecule has 0 radical (unpaired) electrons. The maximum atomic E-state index is 12.3. The summed E-state index contributed by atoms with van der Waals surface area (Å²) in [5.41, 5.74) is 1.59. The predicted octanol–water partition coefficient (Wildman–Crippen LogP) is 2.17. The van der Waals surface area contributed by atoms with Gasteiger partial charge in [-0.3, -0.25) is 5.10 Å². The van der Waals surface area contributed by atoms with Crippen LogP contribution in [0.5, 0.6) is 5.75 Å². The van der Waals surface area contributed by atoms with Crippen LogP contribution in [0.2, 0.25) is 5.02 Å². The Bertz CT molecular complexity index is 737. The second kappa shape index (κ2) is 6.05. The lowest BCUT2D eigenvalue weighted by atomic mass is 10.2. The van der Waals surface area contributed by atoms with Gasteiger partial charge in [-0.25, -0.2) is 13.1 Å². The quantitative estimate of drug-likeness (QED) is 0.880. The highest BCUT2D eigenvalue weighted by Gasteiger charge is 2.22.